The van der Waals surface area contributed by atoms with Crippen molar-refractivity contribution < 1.29 is 17.6 Å². The quantitative estimate of drug-likeness (QED) is 0.917. The summed E-state index contributed by atoms with van der Waals surface area (Å²) in [4.78, 5) is 13.7. The summed E-state index contributed by atoms with van der Waals surface area (Å²) in [5, 5.41) is 2.53. The maximum atomic E-state index is 12.2. The molecule has 2 amide bonds. The van der Waals surface area contributed by atoms with Crippen LogP contribution in [0.25, 0.3) is 0 Å². The number of sulfone groups is 1. The van der Waals surface area contributed by atoms with Crippen LogP contribution in [-0.4, -0.2) is 43.7 Å². The number of urea groups is 1. The van der Waals surface area contributed by atoms with Gasteiger partial charge in [0.2, 0.25) is 0 Å². The van der Waals surface area contributed by atoms with Crippen LogP contribution in [0.1, 0.15) is 37.9 Å². The van der Waals surface area contributed by atoms with E-state index in [0.717, 1.165) is 25.7 Å². The summed E-state index contributed by atoms with van der Waals surface area (Å²) in [6, 6.07) is 3.45. The van der Waals surface area contributed by atoms with Gasteiger partial charge in [-0.25, -0.2) is 13.2 Å². The second-order valence-electron chi connectivity index (χ2n) is 6.20. The third kappa shape index (κ3) is 3.45. The highest BCUT2D eigenvalue weighted by atomic mass is 32.2. The fraction of sp³-hybridized carbons (Fsp3) is 0.667. The average Bonchev–Trinajstić information content (AvgIpc) is 2.89. The van der Waals surface area contributed by atoms with E-state index in [9.17, 15) is 13.2 Å². The van der Waals surface area contributed by atoms with E-state index in [1.54, 1.807) is 17.0 Å². The summed E-state index contributed by atoms with van der Waals surface area (Å²) in [7, 11) is -3.26. The predicted molar refractivity (Wildman–Crippen MR) is 82.1 cm³/mol. The topological polar surface area (TPSA) is 79.6 Å². The van der Waals surface area contributed by atoms with Crippen molar-refractivity contribution in [3.05, 3.63) is 24.2 Å². The van der Waals surface area contributed by atoms with Crippen molar-refractivity contribution >= 4 is 15.9 Å². The van der Waals surface area contributed by atoms with Gasteiger partial charge in [0.25, 0.3) is 0 Å². The highest BCUT2D eigenvalue weighted by Gasteiger charge is 2.40. The first-order valence-electron chi connectivity index (χ1n) is 7.84. The van der Waals surface area contributed by atoms with Gasteiger partial charge in [0.15, 0.2) is 9.84 Å². The Hall–Kier alpha value is -1.50. The summed E-state index contributed by atoms with van der Waals surface area (Å²) in [6.07, 6.45) is 7.08. The Balaban J connectivity index is 1.47. The number of hydrogen-bond donors (Lipinski definition) is 1. The molecule has 22 heavy (non-hydrogen) atoms. The number of rotatable bonds is 4. The Morgan fingerprint density at radius 1 is 1.27 bits per heavy atom. The van der Waals surface area contributed by atoms with Crippen LogP contribution in [0.3, 0.4) is 0 Å². The molecule has 2 fully saturated rings. The van der Waals surface area contributed by atoms with Gasteiger partial charge in [0, 0.05) is 19.1 Å². The first-order chi connectivity index (χ1) is 10.5. The maximum absolute atomic E-state index is 12.2. The summed E-state index contributed by atoms with van der Waals surface area (Å²) in [5.74, 6) is 0.355. The van der Waals surface area contributed by atoms with Crippen molar-refractivity contribution in [3.63, 3.8) is 0 Å². The highest BCUT2D eigenvalue weighted by molar-refractivity contribution is 7.91. The SMILES string of the molecule is O=C(NC1CCCCC1)N1CC(S(=O)(=O)Cc2ccco2)C1. The highest BCUT2D eigenvalue weighted by Crippen LogP contribution is 2.22. The molecule has 122 valence electrons. The van der Waals surface area contributed by atoms with Crippen LogP contribution in [0, 0.1) is 0 Å². The number of likely N-dealkylation sites (tertiary alicyclic amines) is 1. The fourth-order valence-electron chi connectivity index (χ4n) is 3.05. The zero-order valence-corrected chi connectivity index (χ0v) is 13.3. The summed E-state index contributed by atoms with van der Waals surface area (Å²) in [5.41, 5.74) is 0. The first kappa shape index (κ1) is 15.4. The van der Waals surface area contributed by atoms with Gasteiger partial charge in [-0.3, -0.25) is 0 Å². The van der Waals surface area contributed by atoms with Gasteiger partial charge in [-0.05, 0) is 25.0 Å². The number of furan rings is 1. The average molecular weight is 326 g/mol. The van der Waals surface area contributed by atoms with E-state index in [2.05, 4.69) is 5.32 Å². The molecule has 0 aromatic carbocycles. The van der Waals surface area contributed by atoms with E-state index in [1.165, 1.54) is 12.7 Å². The molecule has 0 atom stereocenters. The first-order valence-corrected chi connectivity index (χ1v) is 9.55. The van der Waals surface area contributed by atoms with Crippen molar-refractivity contribution in [3.8, 4) is 0 Å². The van der Waals surface area contributed by atoms with Gasteiger partial charge in [-0.1, -0.05) is 19.3 Å². The number of carbonyl (C=O) groups is 1. The van der Waals surface area contributed by atoms with Gasteiger partial charge in [0.05, 0.1) is 11.5 Å². The molecule has 1 aromatic rings. The molecule has 2 heterocycles. The lowest BCUT2D eigenvalue weighted by molar-refractivity contribution is 0.162. The fourth-order valence-corrected chi connectivity index (χ4v) is 4.67. The number of carbonyl (C=O) groups excluding carboxylic acids is 1. The molecule has 1 saturated carbocycles. The summed E-state index contributed by atoms with van der Waals surface area (Å²) >= 11 is 0. The Bertz CT molecular complexity index is 599. The van der Waals surface area contributed by atoms with Crippen LogP contribution in [0.15, 0.2) is 22.8 Å². The molecule has 0 unspecified atom stereocenters. The third-order valence-electron chi connectivity index (χ3n) is 4.50. The molecule has 7 heteroatoms. The van der Waals surface area contributed by atoms with E-state index < -0.39 is 15.1 Å². The van der Waals surface area contributed by atoms with E-state index in [1.807, 2.05) is 0 Å². The molecule has 1 aliphatic carbocycles. The number of hydrogen-bond acceptors (Lipinski definition) is 4. The van der Waals surface area contributed by atoms with Gasteiger partial charge >= 0.3 is 6.03 Å². The van der Waals surface area contributed by atoms with Crippen molar-refractivity contribution in [2.24, 2.45) is 0 Å². The van der Waals surface area contributed by atoms with Crippen molar-refractivity contribution in [2.75, 3.05) is 13.1 Å². The monoisotopic (exact) mass is 326 g/mol. The lowest BCUT2D eigenvalue weighted by atomic mass is 9.96. The van der Waals surface area contributed by atoms with Gasteiger partial charge in [0.1, 0.15) is 11.5 Å². The standard InChI is InChI=1S/C15H22N2O4S/c18-15(16-12-5-2-1-3-6-12)17-9-14(10-17)22(19,20)11-13-7-4-8-21-13/h4,7-8,12,14H,1-3,5-6,9-11H2,(H,16,18). The van der Waals surface area contributed by atoms with Gasteiger partial charge in [-0.2, -0.15) is 0 Å². The van der Waals surface area contributed by atoms with E-state index in [4.69, 9.17) is 4.42 Å². The van der Waals surface area contributed by atoms with Crippen LogP contribution in [0.2, 0.25) is 0 Å². The van der Waals surface area contributed by atoms with Crippen molar-refractivity contribution in [1.82, 2.24) is 10.2 Å². The molecule has 3 rings (SSSR count). The van der Waals surface area contributed by atoms with E-state index in [0.29, 0.717) is 5.76 Å². The van der Waals surface area contributed by atoms with Gasteiger partial charge in [-0.15, -0.1) is 0 Å². The van der Waals surface area contributed by atoms with Crippen LogP contribution in [-0.2, 0) is 15.6 Å². The molecular formula is C15H22N2O4S. The Kier molecular flexibility index (Phi) is 4.42. The Morgan fingerprint density at radius 3 is 2.64 bits per heavy atom. The number of nitrogens with one attached hydrogen (secondary N) is 1. The molecule has 0 bridgehead atoms. The minimum absolute atomic E-state index is 0.0945. The third-order valence-corrected chi connectivity index (χ3v) is 6.50. The second kappa shape index (κ2) is 6.32. The zero-order chi connectivity index (χ0) is 15.6. The lowest BCUT2D eigenvalue weighted by Crippen LogP contribution is -2.60. The van der Waals surface area contributed by atoms with Gasteiger partial charge < -0.3 is 14.6 Å². The minimum Gasteiger partial charge on any atom is -0.468 e. The van der Waals surface area contributed by atoms with E-state index in [-0.39, 0.29) is 30.9 Å². The number of nitrogens with zero attached hydrogens (tertiary/aromatic N) is 1. The maximum Gasteiger partial charge on any atom is 0.317 e. The summed E-state index contributed by atoms with van der Waals surface area (Å²) in [6.45, 7) is 0.559. The van der Waals surface area contributed by atoms with Crippen LogP contribution in [0.5, 0.6) is 0 Å². The molecule has 2 aliphatic rings. The number of amides is 2. The Labute approximate surface area is 130 Å². The largest absolute Gasteiger partial charge is 0.468 e. The molecule has 6 nitrogen and oxygen atoms in total. The van der Waals surface area contributed by atoms with E-state index >= 15 is 0 Å². The zero-order valence-electron chi connectivity index (χ0n) is 12.5. The normalized spacial score (nSPS) is 20.6. The molecule has 0 radical (unpaired) electrons. The smallest absolute Gasteiger partial charge is 0.317 e. The summed E-state index contributed by atoms with van der Waals surface area (Å²) < 4.78 is 29.5. The molecule has 1 aromatic heterocycles. The molecular weight excluding hydrogens is 304 g/mol. The van der Waals surface area contributed by atoms with Crippen LogP contribution < -0.4 is 5.32 Å². The van der Waals surface area contributed by atoms with Crippen LogP contribution in [0.4, 0.5) is 4.79 Å². The second-order valence-corrected chi connectivity index (χ2v) is 8.48. The molecule has 1 saturated heterocycles. The van der Waals surface area contributed by atoms with Crippen molar-refractivity contribution in [1.29, 1.82) is 0 Å². The lowest BCUT2D eigenvalue weighted by Gasteiger charge is -2.39. The molecule has 1 N–H and O–H groups in total. The molecule has 1 aliphatic heterocycles. The minimum atomic E-state index is -3.26. The van der Waals surface area contributed by atoms with Crippen LogP contribution >= 0.6 is 0 Å². The Morgan fingerprint density at radius 2 is 2.00 bits per heavy atom. The molecule has 0 spiro atoms. The van der Waals surface area contributed by atoms with Crippen molar-refractivity contribution in [2.45, 2.75) is 49.1 Å². The predicted octanol–water partition coefficient (Wildman–Crippen LogP) is 1.92.